The molecule has 23 heavy (non-hydrogen) atoms. The molecule has 0 N–H and O–H groups in total. The first-order valence-electron chi connectivity index (χ1n) is 8.60. The van der Waals surface area contributed by atoms with Gasteiger partial charge in [-0.05, 0) is 56.4 Å². The quantitative estimate of drug-likeness (QED) is 0.553. The number of hydrogen-bond donors (Lipinski definition) is 0. The van der Waals surface area contributed by atoms with E-state index in [-0.39, 0.29) is 18.0 Å². The Bertz CT molecular complexity index is 515. The zero-order valence-corrected chi connectivity index (χ0v) is 14.0. The second-order valence-corrected chi connectivity index (χ2v) is 6.22. The monoisotopic (exact) mass is 318 g/mol. The number of hydrogen-bond acceptors (Lipinski definition) is 4. The van der Waals surface area contributed by atoms with E-state index in [0.717, 1.165) is 25.7 Å². The topological polar surface area (TPSA) is 52.6 Å². The molecule has 0 amide bonds. The van der Waals surface area contributed by atoms with Crippen molar-refractivity contribution in [3.8, 4) is 0 Å². The highest BCUT2D eigenvalue weighted by Crippen LogP contribution is 2.29. The molecule has 0 aromatic heterocycles. The maximum Gasteiger partial charge on any atom is 0.338 e. The summed E-state index contributed by atoms with van der Waals surface area (Å²) < 4.78 is 10.7. The first kappa shape index (κ1) is 17.5. The lowest BCUT2D eigenvalue weighted by atomic mass is 10.0. The summed E-state index contributed by atoms with van der Waals surface area (Å²) in [4.78, 5) is 24.0. The van der Waals surface area contributed by atoms with Gasteiger partial charge in [0.05, 0.1) is 17.7 Å². The zero-order chi connectivity index (χ0) is 16.7. The van der Waals surface area contributed by atoms with E-state index in [1.165, 1.54) is 12.8 Å². The van der Waals surface area contributed by atoms with Crippen molar-refractivity contribution in [3.05, 3.63) is 35.4 Å². The van der Waals surface area contributed by atoms with E-state index in [9.17, 15) is 9.59 Å². The molecule has 1 aromatic rings. The largest absolute Gasteiger partial charge is 0.462 e. The van der Waals surface area contributed by atoms with E-state index in [1.807, 2.05) is 13.8 Å². The Morgan fingerprint density at radius 2 is 1.65 bits per heavy atom. The lowest BCUT2D eigenvalue weighted by Gasteiger charge is -2.19. The van der Waals surface area contributed by atoms with Crippen LogP contribution >= 0.6 is 0 Å². The van der Waals surface area contributed by atoms with Crippen LogP contribution in [0.1, 0.15) is 73.1 Å². The van der Waals surface area contributed by atoms with Gasteiger partial charge in [0, 0.05) is 0 Å². The van der Waals surface area contributed by atoms with E-state index in [4.69, 9.17) is 9.47 Å². The van der Waals surface area contributed by atoms with Crippen LogP contribution in [0.3, 0.4) is 0 Å². The van der Waals surface area contributed by atoms with Crippen LogP contribution in [0.25, 0.3) is 0 Å². The summed E-state index contributed by atoms with van der Waals surface area (Å²) in [6, 6.07) is 6.48. The molecule has 1 unspecified atom stereocenters. The Kier molecular flexibility index (Phi) is 6.63. The zero-order valence-electron chi connectivity index (χ0n) is 14.0. The van der Waals surface area contributed by atoms with Gasteiger partial charge in [-0.2, -0.15) is 0 Å². The minimum absolute atomic E-state index is 0.0521. The lowest BCUT2D eigenvalue weighted by Crippen LogP contribution is -2.22. The predicted octanol–water partition coefficient (Wildman–Crippen LogP) is 4.38. The molecule has 1 saturated carbocycles. The van der Waals surface area contributed by atoms with Crippen LogP contribution < -0.4 is 0 Å². The van der Waals surface area contributed by atoms with Crippen molar-refractivity contribution in [1.29, 1.82) is 0 Å². The smallest absolute Gasteiger partial charge is 0.338 e. The molecule has 1 aliphatic carbocycles. The van der Waals surface area contributed by atoms with E-state index in [1.54, 1.807) is 24.3 Å². The molecule has 0 aliphatic heterocycles. The van der Waals surface area contributed by atoms with E-state index < -0.39 is 0 Å². The van der Waals surface area contributed by atoms with Gasteiger partial charge < -0.3 is 9.47 Å². The fraction of sp³-hybridized carbons (Fsp3) is 0.579. The van der Waals surface area contributed by atoms with Crippen LogP contribution in [-0.4, -0.2) is 24.6 Å². The minimum Gasteiger partial charge on any atom is -0.462 e. The molecule has 1 aromatic carbocycles. The third-order valence-corrected chi connectivity index (χ3v) is 4.44. The lowest BCUT2D eigenvalue weighted by molar-refractivity contribution is 0.0203. The van der Waals surface area contributed by atoms with Crippen LogP contribution in [0, 0.1) is 5.92 Å². The fourth-order valence-corrected chi connectivity index (χ4v) is 2.89. The molecule has 1 atom stereocenters. The van der Waals surface area contributed by atoms with Gasteiger partial charge in [0.2, 0.25) is 0 Å². The molecular formula is C19H26O4. The average Bonchev–Trinajstić information content (AvgIpc) is 3.09. The summed E-state index contributed by atoms with van der Waals surface area (Å²) in [6.45, 7) is 4.44. The number of esters is 2. The molecule has 4 nitrogen and oxygen atoms in total. The molecule has 0 saturated heterocycles. The second-order valence-electron chi connectivity index (χ2n) is 6.22. The molecule has 0 radical (unpaired) electrons. The number of unbranched alkanes of at least 4 members (excludes halogenated alkanes) is 1. The Hall–Kier alpha value is -1.84. The Labute approximate surface area is 138 Å². The molecule has 4 heteroatoms. The van der Waals surface area contributed by atoms with Gasteiger partial charge in [-0.25, -0.2) is 9.59 Å². The molecule has 126 valence electrons. The maximum atomic E-state index is 12.2. The SMILES string of the molecule is CCCCOC(=O)c1ccc(C(=O)OC(C)C2CCCC2)cc1. The maximum absolute atomic E-state index is 12.2. The molecule has 2 rings (SSSR count). The van der Waals surface area contributed by atoms with E-state index in [0.29, 0.717) is 23.7 Å². The first-order valence-corrected chi connectivity index (χ1v) is 8.60. The van der Waals surface area contributed by atoms with Crippen LogP contribution in [0.2, 0.25) is 0 Å². The predicted molar refractivity (Wildman–Crippen MR) is 88.5 cm³/mol. The Morgan fingerprint density at radius 1 is 1.09 bits per heavy atom. The summed E-state index contributed by atoms with van der Waals surface area (Å²) in [5.41, 5.74) is 0.932. The van der Waals surface area contributed by atoms with Gasteiger partial charge in [0.15, 0.2) is 0 Å². The molecular weight excluding hydrogens is 292 g/mol. The van der Waals surface area contributed by atoms with Gasteiger partial charge in [-0.1, -0.05) is 26.2 Å². The first-order chi connectivity index (χ1) is 11.1. The van der Waals surface area contributed by atoms with Crippen LogP contribution in [0.15, 0.2) is 24.3 Å². The second kappa shape index (κ2) is 8.70. The summed E-state index contributed by atoms with van der Waals surface area (Å²) >= 11 is 0. The van der Waals surface area contributed by atoms with Gasteiger partial charge in [-0.3, -0.25) is 0 Å². The van der Waals surface area contributed by atoms with Crippen molar-refractivity contribution in [2.75, 3.05) is 6.61 Å². The van der Waals surface area contributed by atoms with Crippen molar-refractivity contribution in [2.45, 2.75) is 58.5 Å². The van der Waals surface area contributed by atoms with Crippen molar-refractivity contribution in [1.82, 2.24) is 0 Å². The van der Waals surface area contributed by atoms with Crippen molar-refractivity contribution in [2.24, 2.45) is 5.92 Å². The van der Waals surface area contributed by atoms with Crippen LogP contribution in [0.4, 0.5) is 0 Å². The molecule has 0 bridgehead atoms. The van der Waals surface area contributed by atoms with Crippen LogP contribution in [0.5, 0.6) is 0 Å². The average molecular weight is 318 g/mol. The van der Waals surface area contributed by atoms with Crippen LogP contribution in [-0.2, 0) is 9.47 Å². The highest BCUT2D eigenvalue weighted by atomic mass is 16.5. The Morgan fingerprint density at radius 3 is 2.22 bits per heavy atom. The molecule has 1 fully saturated rings. The third-order valence-electron chi connectivity index (χ3n) is 4.44. The molecule has 0 heterocycles. The summed E-state index contributed by atoms with van der Waals surface area (Å²) in [5.74, 6) is -0.195. The highest BCUT2D eigenvalue weighted by Gasteiger charge is 2.24. The summed E-state index contributed by atoms with van der Waals surface area (Å²) in [6.07, 6.45) is 6.51. The van der Waals surface area contributed by atoms with Gasteiger partial charge >= 0.3 is 11.9 Å². The van der Waals surface area contributed by atoms with E-state index in [2.05, 4.69) is 0 Å². The standard InChI is InChI=1S/C19H26O4/c1-3-4-13-22-18(20)16-9-11-17(12-10-16)19(21)23-14(2)15-7-5-6-8-15/h9-12,14-15H,3-8,13H2,1-2H3. The van der Waals surface area contributed by atoms with Crippen molar-refractivity contribution >= 4 is 11.9 Å². The third kappa shape index (κ3) is 5.08. The number of carbonyl (C=O) groups is 2. The van der Waals surface area contributed by atoms with Gasteiger partial charge in [0.25, 0.3) is 0 Å². The molecule has 1 aliphatic rings. The summed E-state index contributed by atoms with van der Waals surface area (Å²) in [7, 11) is 0. The highest BCUT2D eigenvalue weighted by molar-refractivity contribution is 5.93. The van der Waals surface area contributed by atoms with Gasteiger partial charge in [0.1, 0.15) is 6.10 Å². The fourth-order valence-electron chi connectivity index (χ4n) is 2.89. The summed E-state index contributed by atoms with van der Waals surface area (Å²) in [5, 5.41) is 0. The van der Waals surface area contributed by atoms with E-state index >= 15 is 0 Å². The number of rotatable bonds is 7. The molecule has 0 spiro atoms. The van der Waals surface area contributed by atoms with Gasteiger partial charge in [-0.15, -0.1) is 0 Å². The minimum atomic E-state index is -0.349. The Balaban J connectivity index is 1.87. The number of benzene rings is 1. The van der Waals surface area contributed by atoms with Crippen molar-refractivity contribution in [3.63, 3.8) is 0 Å². The normalized spacial score (nSPS) is 16.1. The number of ether oxygens (including phenoxy) is 2. The van der Waals surface area contributed by atoms with Crippen molar-refractivity contribution < 1.29 is 19.1 Å². The number of carbonyl (C=O) groups excluding carboxylic acids is 2.